The van der Waals surface area contributed by atoms with Crippen molar-refractivity contribution in [2.75, 3.05) is 4.90 Å². The average molecular weight is 788 g/mol. The van der Waals surface area contributed by atoms with Crippen LogP contribution in [0.5, 0.6) is 0 Å². The normalized spacial score (nSPS) is 14.5. The summed E-state index contributed by atoms with van der Waals surface area (Å²) >= 11 is 0. The first-order valence-corrected chi connectivity index (χ1v) is 22.3. The molecule has 0 N–H and O–H groups in total. The van der Waals surface area contributed by atoms with E-state index in [2.05, 4.69) is 222 Å². The lowest BCUT2D eigenvalue weighted by atomic mass is 9.69. The minimum atomic E-state index is -0.466. The predicted molar refractivity (Wildman–Crippen MR) is 258 cm³/mol. The van der Waals surface area contributed by atoms with E-state index in [1.807, 2.05) is 0 Å². The molecule has 0 atom stereocenters. The van der Waals surface area contributed by atoms with Crippen molar-refractivity contribution in [2.45, 2.75) is 77.0 Å². The summed E-state index contributed by atoms with van der Waals surface area (Å²) in [5.74, 6) is 0. The van der Waals surface area contributed by atoms with Gasteiger partial charge in [0, 0.05) is 22.2 Å². The maximum Gasteiger partial charge on any atom is 0.0726 e. The molecule has 3 aliphatic carbocycles. The Morgan fingerprint density at radius 1 is 0.459 bits per heavy atom. The first-order valence-electron chi connectivity index (χ1n) is 22.3. The van der Waals surface area contributed by atoms with E-state index in [1.54, 1.807) is 0 Å². The van der Waals surface area contributed by atoms with E-state index in [1.165, 1.54) is 100 Å². The van der Waals surface area contributed by atoms with Crippen molar-refractivity contribution in [1.82, 2.24) is 0 Å². The molecule has 1 nitrogen and oxygen atoms in total. The third kappa shape index (κ3) is 5.46. The summed E-state index contributed by atoms with van der Waals surface area (Å²) in [7, 11) is 0. The third-order valence-corrected chi connectivity index (χ3v) is 14.2. The molecule has 0 unspecified atom stereocenters. The molecule has 1 heteroatoms. The van der Waals surface area contributed by atoms with Gasteiger partial charge in [-0.15, -0.1) is 0 Å². The summed E-state index contributed by atoms with van der Waals surface area (Å²) in [4.78, 5) is 2.63. The van der Waals surface area contributed by atoms with E-state index in [0.29, 0.717) is 0 Å². The lowest BCUT2D eigenvalue weighted by molar-refractivity contribution is 0.588. The molecule has 8 aromatic carbocycles. The minimum absolute atomic E-state index is 0.0188. The topological polar surface area (TPSA) is 3.24 Å². The molecular weight excluding hydrogens is 735 g/mol. The molecule has 3 aliphatic rings. The second kappa shape index (κ2) is 13.8. The van der Waals surface area contributed by atoms with Gasteiger partial charge >= 0.3 is 0 Å². The van der Waals surface area contributed by atoms with Gasteiger partial charge in [-0.05, 0) is 120 Å². The van der Waals surface area contributed by atoms with Crippen LogP contribution in [0, 0.1) is 0 Å². The smallest absolute Gasteiger partial charge is 0.0726 e. The number of anilines is 3. The molecule has 0 saturated carbocycles. The lowest BCUT2D eigenvalue weighted by Crippen LogP contribution is -2.27. The quantitative estimate of drug-likeness (QED) is 0.155. The first-order chi connectivity index (χ1) is 29.6. The molecule has 11 rings (SSSR count). The summed E-state index contributed by atoms with van der Waals surface area (Å²) in [6.07, 6.45) is 3.29. The summed E-state index contributed by atoms with van der Waals surface area (Å²) in [6, 6.07) is 67.3. The van der Waals surface area contributed by atoms with E-state index in [0.717, 1.165) is 24.9 Å². The Hall–Kier alpha value is -6.44. The predicted octanol–water partition coefficient (Wildman–Crippen LogP) is 16.1. The number of benzene rings is 8. The van der Waals surface area contributed by atoms with Gasteiger partial charge in [0.15, 0.2) is 0 Å². The standard InChI is InChI=1S/C60H53N/c1-7-8-19-39-36-53-57(47-35-32-42(58(2,3)4)38-52(47)60(53)49-26-16-12-22-44(49)45-23-13-17-27-50(45)60)55(37-39)61(43-33-30-41(31-34-43)40-20-10-9-11-21-40)54-29-18-28-51-56(54)46-24-14-15-25-48(46)59(51,5)6/h9-18,20-38H,7-8,19H2,1-6H3. The van der Waals surface area contributed by atoms with Gasteiger partial charge in [-0.2, -0.15) is 0 Å². The molecule has 61 heavy (non-hydrogen) atoms. The van der Waals surface area contributed by atoms with Crippen LogP contribution in [0.25, 0.3) is 44.5 Å². The third-order valence-electron chi connectivity index (χ3n) is 14.2. The van der Waals surface area contributed by atoms with Gasteiger partial charge in [0.05, 0.1) is 16.8 Å². The molecule has 0 fully saturated rings. The van der Waals surface area contributed by atoms with E-state index in [-0.39, 0.29) is 10.8 Å². The zero-order chi connectivity index (χ0) is 41.7. The molecule has 1 spiro atoms. The highest BCUT2D eigenvalue weighted by Crippen LogP contribution is 2.66. The van der Waals surface area contributed by atoms with E-state index in [4.69, 9.17) is 0 Å². The monoisotopic (exact) mass is 787 g/mol. The number of rotatable bonds is 7. The van der Waals surface area contributed by atoms with E-state index < -0.39 is 5.41 Å². The Bertz CT molecular complexity index is 2970. The first kappa shape index (κ1) is 37.6. The zero-order valence-electron chi connectivity index (χ0n) is 36.3. The van der Waals surface area contributed by atoms with Crippen LogP contribution in [0.1, 0.15) is 98.9 Å². The van der Waals surface area contributed by atoms with E-state index >= 15 is 0 Å². The largest absolute Gasteiger partial charge is 0.309 e. The lowest BCUT2D eigenvalue weighted by Gasteiger charge is -2.34. The van der Waals surface area contributed by atoms with Crippen LogP contribution >= 0.6 is 0 Å². The Balaban J connectivity index is 1.27. The zero-order valence-corrected chi connectivity index (χ0v) is 36.3. The molecule has 0 bridgehead atoms. The van der Waals surface area contributed by atoms with Crippen LogP contribution in [-0.2, 0) is 22.7 Å². The van der Waals surface area contributed by atoms with Crippen LogP contribution in [0.4, 0.5) is 17.1 Å². The van der Waals surface area contributed by atoms with Crippen LogP contribution in [0.15, 0.2) is 176 Å². The molecule has 298 valence electrons. The van der Waals surface area contributed by atoms with Gasteiger partial charge in [-0.3, -0.25) is 0 Å². The van der Waals surface area contributed by atoms with Crippen molar-refractivity contribution in [3.05, 3.63) is 220 Å². The molecule has 0 saturated heterocycles. The van der Waals surface area contributed by atoms with Crippen LogP contribution in [0.3, 0.4) is 0 Å². The Morgan fingerprint density at radius 2 is 1.03 bits per heavy atom. The van der Waals surface area contributed by atoms with Gasteiger partial charge in [-0.1, -0.05) is 200 Å². The van der Waals surface area contributed by atoms with Crippen molar-refractivity contribution in [2.24, 2.45) is 0 Å². The Kier molecular flexibility index (Phi) is 8.49. The van der Waals surface area contributed by atoms with Crippen molar-refractivity contribution < 1.29 is 0 Å². The molecule has 8 aromatic rings. The fraction of sp³-hybridized carbons (Fsp3) is 0.200. The number of fused-ring (bicyclic) bond motifs is 13. The van der Waals surface area contributed by atoms with Crippen LogP contribution in [-0.4, -0.2) is 0 Å². The fourth-order valence-corrected chi connectivity index (χ4v) is 11.2. The molecule has 0 amide bonds. The highest BCUT2D eigenvalue weighted by Gasteiger charge is 2.53. The highest BCUT2D eigenvalue weighted by atomic mass is 15.1. The van der Waals surface area contributed by atoms with Crippen molar-refractivity contribution >= 4 is 17.1 Å². The fourth-order valence-electron chi connectivity index (χ4n) is 11.2. The van der Waals surface area contributed by atoms with Crippen molar-refractivity contribution in [1.29, 1.82) is 0 Å². The van der Waals surface area contributed by atoms with Crippen LogP contribution in [0.2, 0.25) is 0 Å². The number of nitrogens with zero attached hydrogens (tertiary/aromatic N) is 1. The van der Waals surface area contributed by atoms with Crippen molar-refractivity contribution in [3.8, 4) is 44.5 Å². The Morgan fingerprint density at radius 3 is 1.70 bits per heavy atom. The second-order valence-corrected chi connectivity index (χ2v) is 19.1. The van der Waals surface area contributed by atoms with Gasteiger partial charge in [0.2, 0.25) is 0 Å². The second-order valence-electron chi connectivity index (χ2n) is 19.1. The molecular formula is C60H53N. The number of hydrogen-bond acceptors (Lipinski definition) is 1. The highest BCUT2D eigenvalue weighted by molar-refractivity contribution is 6.04. The SMILES string of the molecule is CCCCc1cc(N(c2ccc(-c3ccccc3)cc2)c2cccc3c2-c2ccccc2C3(C)C)c2c(c1)C1(c3ccccc3-c3ccccc31)c1cc(C(C)(C)C)ccc1-2. The number of hydrogen-bond donors (Lipinski definition) is 0. The Labute approximate surface area is 362 Å². The van der Waals surface area contributed by atoms with Gasteiger partial charge in [0.1, 0.15) is 0 Å². The summed E-state index contributed by atoms with van der Waals surface area (Å²) in [5, 5.41) is 0. The van der Waals surface area contributed by atoms with Crippen molar-refractivity contribution in [3.63, 3.8) is 0 Å². The van der Waals surface area contributed by atoms with Crippen LogP contribution < -0.4 is 4.90 Å². The summed E-state index contributed by atoms with van der Waals surface area (Å²) in [5.41, 5.74) is 24.5. The summed E-state index contributed by atoms with van der Waals surface area (Å²) in [6.45, 7) is 14.2. The molecule has 0 heterocycles. The molecule has 0 radical (unpaired) electrons. The minimum Gasteiger partial charge on any atom is -0.309 e. The number of unbranched alkanes of at least 4 members (excludes halogenated alkanes) is 1. The maximum atomic E-state index is 2.63. The van der Waals surface area contributed by atoms with Gasteiger partial charge < -0.3 is 4.90 Å². The van der Waals surface area contributed by atoms with Gasteiger partial charge in [0.25, 0.3) is 0 Å². The van der Waals surface area contributed by atoms with E-state index in [9.17, 15) is 0 Å². The maximum absolute atomic E-state index is 2.63. The number of aryl methyl sites for hydroxylation is 1. The average Bonchev–Trinajstić information content (AvgIpc) is 3.84. The molecule has 0 aliphatic heterocycles. The summed E-state index contributed by atoms with van der Waals surface area (Å²) < 4.78 is 0. The molecule has 0 aromatic heterocycles. The van der Waals surface area contributed by atoms with Gasteiger partial charge in [-0.25, -0.2) is 0 Å².